The van der Waals surface area contributed by atoms with E-state index < -0.39 is 0 Å². The van der Waals surface area contributed by atoms with Crippen LogP contribution in [0.4, 0.5) is 0 Å². The van der Waals surface area contributed by atoms with Crippen LogP contribution >= 0.6 is 0 Å². The van der Waals surface area contributed by atoms with Crippen molar-refractivity contribution in [2.45, 2.75) is 64.5 Å². The van der Waals surface area contributed by atoms with E-state index >= 15 is 0 Å². The predicted molar refractivity (Wildman–Crippen MR) is 91.0 cm³/mol. The molecule has 140 valence electrons. The van der Waals surface area contributed by atoms with Gasteiger partial charge in [-0.3, -0.25) is 4.79 Å². The first-order valence-corrected chi connectivity index (χ1v) is 9.38. The van der Waals surface area contributed by atoms with Crippen LogP contribution in [0.3, 0.4) is 0 Å². The number of rotatable bonds is 5. The molecule has 3 rings (SSSR count). The third-order valence-corrected chi connectivity index (χ3v) is 5.14. The Morgan fingerprint density at radius 3 is 2.84 bits per heavy atom. The van der Waals surface area contributed by atoms with Gasteiger partial charge in [0.25, 0.3) is 0 Å². The van der Waals surface area contributed by atoms with E-state index in [1.165, 1.54) is 19.3 Å². The van der Waals surface area contributed by atoms with Gasteiger partial charge in [0.15, 0.2) is 0 Å². The number of nitrogens with zero attached hydrogens (tertiary/aromatic N) is 3. The highest BCUT2D eigenvalue weighted by molar-refractivity contribution is 5.78. The van der Waals surface area contributed by atoms with Crippen molar-refractivity contribution in [3.63, 3.8) is 0 Å². The minimum Gasteiger partial charge on any atom is -0.423 e. The first-order chi connectivity index (χ1) is 12.1. The van der Waals surface area contributed by atoms with E-state index in [0.717, 1.165) is 6.42 Å². The van der Waals surface area contributed by atoms with Crippen LogP contribution in [0.1, 0.15) is 70.2 Å². The van der Waals surface area contributed by atoms with E-state index in [2.05, 4.69) is 17.1 Å². The number of hydrogen-bond acceptors (Lipinski definition) is 6. The summed E-state index contributed by atoms with van der Waals surface area (Å²) >= 11 is 0. The van der Waals surface area contributed by atoms with Crippen molar-refractivity contribution >= 4 is 5.91 Å². The van der Waals surface area contributed by atoms with Gasteiger partial charge in [-0.15, -0.1) is 10.2 Å². The average Bonchev–Trinajstić information content (AvgIpc) is 3.11. The Balaban J connectivity index is 1.62. The number of amides is 1. The third kappa shape index (κ3) is 4.39. The summed E-state index contributed by atoms with van der Waals surface area (Å²) in [5.74, 6) is 1.68. The van der Waals surface area contributed by atoms with Crippen molar-refractivity contribution in [3.8, 4) is 0 Å². The molecular formula is C18H29N3O4. The second kappa shape index (κ2) is 8.27. The Kier molecular flexibility index (Phi) is 6.06. The van der Waals surface area contributed by atoms with Gasteiger partial charge in [0.05, 0.1) is 19.3 Å². The molecular weight excluding hydrogens is 322 g/mol. The Hall–Kier alpha value is -1.47. The molecule has 1 amide bonds. The number of carbonyl (C=O) groups is 1. The summed E-state index contributed by atoms with van der Waals surface area (Å²) in [7, 11) is 0. The molecule has 7 heteroatoms. The Morgan fingerprint density at radius 1 is 1.32 bits per heavy atom. The van der Waals surface area contributed by atoms with E-state index in [4.69, 9.17) is 13.9 Å². The van der Waals surface area contributed by atoms with E-state index in [1.54, 1.807) is 4.90 Å². The quantitative estimate of drug-likeness (QED) is 0.812. The second-order valence-electron chi connectivity index (χ2n) is 7.42. The lowest BCUT2D eigenvalue weighted by Crippen LogP contribution is -2.45. The van der Waals surface area contributed by atoms with Crippen molar-refractivity contribution in [2.24, 2.45) is 5.92 Å². The van der Waals surface area contributed by atoms with Gasteiger partial charge in [-0.2, -0.15) is 0 Å². The fourth-order valence-electron chi connectivity index (χ4n) is 3.51. The lowest BCUT2D eigenvalue weighted by Gasteiger charge is -2.34. The van der Waals surface area contributed by atoms with Crippen LogP contribution in [0.25, 0.3) is 0 Å². The summed E-state index contributed by atoms with van der Waals surface area (Å²) in [6.07, 6.45) is 4.86. The molecule has 25 heavy (non-hydrogen) atoms. The highest BCUT2D eigenvalue weighted by atomic mass is 16.5. The first kappa shape index (κ1) is 18.3. The lowest BCUT2D eigenvalue weighted by atomic mass is 9.88. The summed E-state index contributed by atoms with van der Waals surface area (Å²) < 4.78 is 17.2. The monoisotopic (exact) mass is 351 g/mol. The maximum Gasteiger partial charge on any atom is 0.249 e. The van der Waals surface area contributed by atoms with E-state index in [-0.39, 0.29) is 30.6 Å². The van der Waals surface area contributed by atoms with Gasteiger partial charge >= 0.3 is 0 Å². The van der Waals surface area contributed by atoms with E-state index in [9.17, 15) is 4.79 Å². The number of hydrogen-bond donors (Lipinski definition) is 0. The van der Waals surface area contributed by atoms with Gasteiger partial charge in [-0.1, -0.05) is 33.6 Å². The zero-order valence-electron chi connectivity index (χ0n) is 15.4. The first-order valence-electron chi connectivity index (χ1n) is 9.38. The summed E-state index contributed by atoms with van der Waals surface area (Å²) in [5, 5.41) is 8.20. The zero-order valence-corrected chi connectivity index (χ0v) is 15.4. The molecule has 3 unspecified atom stereocenters. The van der Waals surface area contributed by atoms with Gasteiger partial charge < -0.3 is 18.8 Å². The molecule has 1 aromatic rings. The summed E-state index contributed by atoms with van der Waals surface area (Å²) in [6, 6.07) is -0.325. The summed E-state index contributed by atoms with van der Waals surface area (Å²) in [6.45, 7) is 7.73. The molecule has 2 fully saturated rings. The molecule has 2 heterocycles. The van der Waals surface area contributed by atoms with Crippen LogP contribution in [-0.4, -0.2) is 53.5 Å². The standard InChI is InChI=1S/C18H29N3O4/c1-12(2)17-19-20-18(25-17)14-10-23-9-8-21(14)16(22)11-24-15-7-5-4-6-13(15)3/h12-15H,4-11H2,1-3H3. The zero-order chi connectivity index (χ0) is 17.8. The molecule has 1 aromatic heterocycles. The lowest BCUT2D eigenvalue weighted by molar-refractivity contribution is -0.149. The highest BCUT2D eigenvalue weighted by Gasteiger charge is 2.33. The molecule has 0 radical (unpaired) electrons. The predicted octanol–water partition coefficient (Wildman–Crippen LogP) is 2.69. The molecule has 3 atom stereocenters. The molecule has 0 aromatic carbocycles. The summed E-state index contributed by atoms with van der Waals surface area (Å²) in [5.41, 5.74) is 0. The van der Waals surface area contributed by atoms with Crippen LogP contribution < -0.4 is 0 Å². The SMILES string of the molecule is CC(C)c1nnc(C2COCCN2C(=O)COC2CCCCC2C)o1. The molecule has 0 bridgehead atoms. The van der Waals surface area contributed by atoms with E-state index in [1.807, 2.05) is 13.8 Å². The average molecular weight is 351 g/mol. The number of morpholine rings is 1. The maximum atomic E-state index is 12.7. The van der Waals surface area contributed by atoms with Crippen LogP contribution in [-0.2, 0) is 14.3 Å². The maximum absolute atomic E-state index is 12.7. The minimum atomic E-state index is -0.325. The summed E-state index contributed by atoms with van der Waals surface area (Å²) in [4.78, 5) is 14.5. The van der Waals surface area contributed by atoms with Crippen LogP contribution in [0.2, 0.25) is 0 Å². The van der Waals surface area contributed by atoms with Crippen molar-refractivity contribution in [2.75, 3.05) is 26.4 Å². The van der Waals surface area contributed by atoms with Crippen molar-refractivity contribution in [3.05, 3.63) is 11.8 Å². The van der Waals surface area contributed by atoms with Gasteiger partial charge in [0.1, 0.15) is 12.6 Å². The van der Waals surface area contributed by atoms with Crippen molar-refractivity contribution < 1.29 is 18.7 Å². The van der Waals surface area contributed by atoms with Gasteiger partial charge in [-0.05, 0) is 18.8 Å². The smallest absolute Gasteiger partial charge is 0.249 e. The van der Waals surface area contributed by atoms with Gasteiger partial charge in [-0.25, -0.2) is 0 Å². The molecule has 0 N–H and O–H groups in total. The second-order valence-corrected chi connectivity index (χ2v) is 7.42. The number of aromatic nitrogens is 2. The fraction of sp³-hybridized carbons (Fsp3) is 0.833. The molecule has 1 saturated carbocycles. The molecule has 1 aliphatic carbocycles. The molecule has 7 nitrogen and oxygen atoms in total. The fourth-order valence-corrected chi connectivity index (χ4v) is 3.51. The number of ether oxygens (including phenoxy) is 2. The van der Waals surface area contributed by atoms with Crippen LogP contribution in [0.5, 0.6) is 0 Å². The minimum absolute atomic E-state index is 0.0321. The highest BCUT2D eigenvalue weighted by Crippen LogP contribution is 2.28. The molecule has 1 aliphatic heterocycles. The molecule has 0 spiro atoms. The van der Waals surface area contributed by atoms with Crippen LogP contribution in [0, 0.1) is 5.92 Å². The normalized spacial score (nSPS) is 27.7. The Labute approximate surface area is 149 Å². The van der Waals surface area contributed by atoms with E-state index in [0.29, 0.717) is 37.5 Å². The van der Waals surface area contributed by atoms with Crippen molar-refractivity contribution in [1.29, 1.82) is 0 Å². The topological polar surface area (TPSA) is 77.7 Å². The third-order valence-electron chi connectivity index (χ3n) is 5.14. The van der Waals surface area contributed by atoms with Gasteiger partial charge in [0.2, 0.25) is 17.7 Å². The molecule has 2 aliphatic rings. The largest absolute Gasteiger partial charge is 0.423 e. The number of carbonyl (C=O) groups excluding carboxylic acids is 1. The molecule has 1 saturated heterocycles. The Bertz CT molecular complexity index is 574. The Morgan fingerprint density at radius 2 is 2.12 bits per heavy atom. The van der Waals surface area contributed by atoms with Crippen LogP contribution in [0.15, 0.2) is 4.42 Å². The van der Waals surface area contributed by atoms with Crippen molar-refractivity contribution in [1.82, 2.24) is 15.1 Å². The van der Waals surface area contributed by atoms with Gasteiger partial charge in [0, 0.05) is 12.5 Å².